The van der Waals surface area contributed by atoms with Crippen molar-refractivity contribution in [2.24, 2.45) is 0 Å². The van der Waals surface area contributed by atoms with Crippen LogP contribution in [0.15, 0.2) is 65.0 Å². The molecular formula is C27H29F3N2O5. The molecular weight excluding hydrogens is 489 g/mol. The monoisotopic (exact) mass is 518 g/mol. The summed E-state index contributed by atoms with van der Waals surface area (Å²) in [6.45, 7) is 3.34. The third-order valence-corrected chi connectivity index (χ3v) is 6.13. The number of carbonyl (C=O) groups excluding carboxylic acids is 2. The highest BCUT2D eigenvalue weighted by Gasteiger charge is 2.42. The van der Waals surface area contributed by atoms with Crippen LogP contribution in [0.5, 0.6) is 11.5 Å². The summed E-state index contributed by atoms with van der Waals surface area (Å²) in [5, 5.41) is 5.74. The number of ether oxygens (including phenoxy) is 3. The normalized spacial score (nSPS) is 15.7. The minimum absolute atomic E-state index is 0.00927. The van der Waals surface area contributed by atoms with Crippen molar-refractivity contribution in [2.75, 3.05) is 27.9 Å². The van der Waals surface area contributed by atoms with Crippen LogP contribution in [-0.2, 0) is 26.9 Å². The molecule has 0 saturated heterocycles. The highest BCUT2D eigenvalue weighted by molar-refractivity contribution is 6.02. The summed E-state index contributed by atoms with van der Waals surface area (Å²) in [6.07, 6.45) is -4.27. The van der Waals surface area contributed by atoms with Gasteiger partial charge in [0.1, 0.15) is 0 Å². The molecule has 0 unspecified atom stereocenters. The molecule has 0 aliphatic carbocycles. The summed E-state index contributed by atoms with van der Waals surface area (Å²) in [5.41, 5.74) is 0.323. The zero-order valence-electron chi connectivity index (χ0n) is 21.2. The summed E-state index contributed by atoms with van der Waals surface area (Å²) in [6, 6.07) is 10.3. The van der Waals surface area contributed by atoms with Crippen LogP contribution in [0.4, 0.5) is 13.2 Å². The van der Waals surface area contributed by atoms with E-state index < -0.39 is 29.5 Å². The Labute approximate surface area is 213 Å². The first-order valence-corrected chi connectivity index (χ1v) is 11.5. The zero-order chi connectivity index (χ0) is 27.3. The van der Waals surface area contributed by atoms with Gasteiger partial charge in [0.15, 0.2) is 11.5 Å². The maximum atomic E-state index is 14.0. The number of alkyl halides is 3. The lowest BCUT2D eigenvalue weighted by Crippen LogP contribution is -2.37. The Hall–Kier alpha value is -3.95. The first-order valence-electron chi connectivity index (χ1n) is 11.5. The van der Waals surface area contributed by atoms with Gasteiger partial charge in [0.2, 0.25) is 5.91 Å². The summed E-state index contributed by atoms with van der Waals surface area (Å²) in [7, 11) is 4.18. The molecule has 198 valence electrons. The fraction of sp³-hybridized carbons (Fsp3) is 0.333. The minimum atomic E-state index is -4.69. The number of allylic oxidation sites excluding steroid dienone is 2. The molecule has 1 amide bonds. The fourth-order valence-electron chi connectivity index (χ4n) is 4.45. The van der Waals surface area contributed by atoms with Crippen molar-refractivity contribution < 1.29 is 37.0 Å². The fourth-order valence-corrected chi connectivity index (χ4v) is 4.45. The molecule has 1 atom stereocenters. The van der Waals surface area contributed by atoms with Crippen LogP contribution in [0.2, 0.25) is 0 Å². The van der Waals surface area contributed by atoms with Crippen LogP contribution in [0.25, 0.3) is 0 Å². The number of esters is 1. The smallest absolute Gasteiger partial charge is 0.416 e. The summed E-state index contributed by atoms with van der Waals surface area (Å²) in [5.74, 6) is -1.61. The van der Waals surface area contributed by atoms with Gasteiger partial charge in [0, 0.05) is 23.5 Å². The summed E-state index contributed by atoms with van der Waals surface area (Å²) >= 11 is 0. The number of dihydropyridines is 1. The van der Waals surface area contributed by atoms with Gasteiger partial charge >= 0.3 is 12.1 Å². The molecule has 3 rings (SSSR count). The molecule has 0 fully saturated rings. The second kappa shape index (κ2) is 11.4. The Balaban J connectivity index is 1.96. The standard InChI is InChI=1S/C27H29F3N2O5/c1-15-22(25(33)31-13-12-17-10-11-20(35-3)21(14-17)36-4)24(23(16(2)32-15)26(34)37-5)18-8-6-7-9-19(18)27(28,29)30/h6-11,14,24,32H,12-13H2,1-5H3,(H,31,33)/t24-/m0/s1. The molecule has 1 heterocycles. The van der Waals surface area contributed by atoms with Gasteiger partial charge in [-0.2, -0.15) is 13.2 Å². The summed E-state index contributed by atoms with van der Waals surface area (Å²) in [4.78, 5) is 26.2. The highest BCUT2D eigenvalue weighted by atomic mass is 19.4. The lowest BCUT2D eigenvalue weighted by atomic mass is 9.78. The van der Waals surface area contributed by atoms with Crippen molar-refractivity contribution in [3.8, 4) is 11.5 Å². The zero-order valence-corrected chi connectivity index (χ0v) is 21.2. The molecule has 0 aromatic heterocycles. The van der Waals surface area contributed by atoms with E-state index in [1.165, 1.54) is 32.4 Å². The number of carbonyl (C=O) groups is 2. The van der Waals surface area contributed by atoms with Crippen LogP contribution in [0, 0.1) is 0 Å². The second-order valence-corrected chi connectivity index (χ2v) is 8.41. The van der Waals surface area contributed by atoms with Gasteiger partial charge in [-0.3, -0.25) is 4.79 Å². The van der Waals surface area contributed by atoms with Crippen LogP contribution in [0.3, 0.4) is 0 Å². The average Bonchev–Trinajstić information content (AvgIpc) is 2.87. The lowest BCUT2D eigenvalue weighted by molar-refractivity contribution is -0.139. The number of amides is 1. The number of methoxy groups -OCH3 is 3. The van der Waals surface area contributed by atoms with Gasteiger partial charge < -0.3 is 24.8 Å². The molecule has 2 N–H and O–H groups in total. The molecule has 2 aromatic rings. The van der Waals surface area contributed by atoms with Gasteiger partial charge in [-0.1, -0.05) is 24.3 Å². The molecule has 0 radical (unpaired) electrons. The van der Waals surface area contributed by atoms with Crippen LogP contribution in [-0.4, -0.2) is 39.8 Å². The number of benzene rings is 2. The van der Waals surface area contributed by atoms with E-state index in [4.69, 9.17) is 14.2 Å². The number of hydrogen-bond donors (Lipinski definition) is 2. The Morgan fingerprint density at radius 3 is 2.22 bits per heavy atom. The lowest BCUT2D eigenvalue weighted by Gasteiger charge is -2.32. The van der Waals surface area contributed by atoms with E-state index in [1.54, 1.807) is 26.0 Å². The predicted molar refractivity (Wildman–Crippen MR) is 131 cm³/mol. The van der Waals surface area contributed by atoms with E-state index in [0.29, 0.717) is 29.3 Å². The largest absolute Gasteiger partial charge is 0.493 e. The SMILES string of the molecule is COC(=O)C1=C(C)NC(C)=C(C(=O)NCCc2ccc(OC)c(OC)c2)[C@@H]1c1ccccc1C(F)(F)F. The third-order valence-electron chi connectivity index (χ3n) is 6.13. The van der Waals surface area contributed by atoms with Crippen molar-refractivity contribution >= 4 is 11.9 Å². The van der Waals surface area contributed by atoms with Gasteiger partial charge in [-0.25, -0.2) is 4.79 Å². The molecule has 1 aliphatic rings. The quantitative estimate of drug-likeness (QED) is 0.501. The van der Waals surface area contributed by atoms with E-state index in [2.05, 4.69) is 10.6 Å². The van der Waals surface area contributed by atoms with Gasteiger partial charge in [-0.15, -0.1) is 0 Å². The number of nitrogens with one attached hydrogen (secondary N) is 2. The van der Waals surface area contributed by atoms with Gasteiger partial charge in [-0.05, 0) is 49.6 Å². The first kappa shape index (κ1) is 27.6. The number of halogens is 3. The second-order valence-electron chi connectivity index (χ2n) is 8.41. The van der Waals surface area contributed by atoms with Crippen LogP contribution < -0.4 is 20.1 Å². The maximum Gasteiger partial charge on any atom is 0.416 e. The summed E-state index contributed by atoms with van der Waals surface area (Å²) < 4.78 is 57.3. The Bertz CT molecular complexity index is 1250. The van der Waals surface area contributed by atoms with E-state index in [-0.39, 0.29) is 23.3 Å². The van der Waals surface area contributed by atoms with E-state index >= 15 is 0 Å². The topological polar surface area (TPSA) is 85.9 Å². The van der Waals surface area contributed by atoms with Crippen LogP contribution in [0.1, 0.15) is 36.5 Å². The Morgan fingerprint density at radius 2 is 1.59 bits per heavy atom. The molecule has 10 heteroatoms. The number of hydrogen-bond acceptors (Lipinski definition) is 6. The van der Waals surface area contributed by atoms with Crippen molar-refractivity contribution in [1.82, 2.24) is 10.6 Å². The maximum absolute atomic E-state index is 14.0. The highest BCUT2D eigenvalue weighted by Crippen LogP contribution is 2.44. The minimum Gasteiger partial charge on any atom is -0.493 e. The van der Waals surface area contributed by atoms with Crippen molar-refractivity contribution in [1.29, 1.82) is 0 Å². The Morgan fingerprint density at radius 1 is 0.946 bits per heavy atom. The Kier molecular flexibility index (Phi) is 8.52. The van der Waals surface area contributed by atoms with Crippen molar-refractivity contribution in [3.63, 3.8) is 0 Å². The van der Waals surface area contributed by atoms with Crippen molar-refractivity contribution in [3.05, 3.63) is 81.7 Å². The van der Waals surface area contributed by atoms with Gasteiger partial charge in [0.05, 0.1) is 38.4 Å². The van der Waals surface area contributed by atoms with Crippen LogP contribution >= 0.6 is 0 Å². The van der Waals surface area contributed by atoms with E-state index in [9.17, 15) is 22.8 Å². The average molecular weight is 519 g/mol. The van der Waals surface area contributed by atoms with Crippen molar-refractivity contribution in [2.45, 2.75) is 32.4 Å². The molecule has 0 bridgehead atoms. The molecule has 0 saturated carbocycles. The van der Waals surface area contributed by atoms with E-state index in [0.717, 1.165) is 18.7 Å². The van der Waals surface area contributed by atoms with E-state index in [1.807, 2.05) is 6.07 Å². The van der Waals surface area contributed by atoms with Gasteiger partial charge in [0.25, 0.3) is 0 Å². The molecule has 1 aliphatic heterocycles. The first-order chi connectivity index (χ1) is 17.5. The third kappa shape index (κ3) is 5.90. The molecule has 2 aromatic carbocycles. The molecule has 7 nitrogen and oxygen atoms in total. The number of rotatable bonds is 8. The molecule has 0 spiro atoms. The predicted octanol–water partition coefficient (Wildman–Crippen LogP) is 4.49. The molecule has 37 heavy (non-hydrogen) atoms.